The molecule has 0 radical (unpaired) electrons. The molecule has 0 bridgehead atoms. The number of benzene rings is 1. The molecule has 1 aromatic carbocycles. The van der Waals surface area contributed by atoms with Gasteiger partial charge in [0.05, 0.1) is 13.2 Å². The molecule has 2 heterocycles. The van der Waals surface area contributed by atoms with E-state index in [1.807, 2.05) is 13.0 Å². The second-order valence-corrected chi connectivity index (χ2v) is 5.44. The van der Waals surface area contributed by atoms with Crippen LogP contribution in [0.1, 0.15) is 18.4 Å². The van der Waals surface area contributed by atoms with Crippen LogP contribution < -0.4 is 4.90 Å². The van der Waals surface area contributed by atoms with Crippen molar-refractivity contribution >= 4 is 17.3 Å². The van der Waals surface area contributed by atoms with E-state index in [0.29, 0.717) is 0 Å². The van der Waals surface area contributed by atoms with E-state index in [4.69, 9.17) is 21.1 Å². The number of piperidine rings is 1. The molecule has 2 aliphatic rings. The minimum Gasteiger partial charge on any atom is -0.371 e. The number of hydrogen-bond donors (Lipinski definition) is 0. The molecule has 0 aromatic heterocycles. The molecule has 98 valence electrons. The maximum absolute atomic E-state index is 6.06. The van der Waals surface area contributed by atoms with Gasteiger partial charge in [0.15, 0.2) is 5.79 Å². The Morgan fingerprint density at radius 1 is 1.17 bits per heavy atom. The molecule has 2 aliphatic heterocycles. The smallest absolute Gasteiger partial charge is 0.171 e. The number of hydrogen-bond acceptors (Lipinski definition) is 3. The third kappa shape index (κ3) is 2.22. The fourth-order valence-corrected chi connectivity index (χ4v) is 2.83. The Morgan fingerprint density at radius 3 is 2.44 bits per heavy atom. The van der Waals surface area contributed by atoms with Crippen LogP contribution in [0.4, 0.5) is 5.69 Å². The van der Waals surface area contributed by atoms with Gasteiger partial charge in [-0.2, -0.15) is 0 Å². The molecule has 3 rings (SSSR count). The summed E-state index contributed by atoms with van der Waals surface area (Å²) in [6.07, 6.45) is 1.88. The van der Waals surface area contributed by atoms with Gasteiger partial charge in [-0.3, -0.25) is 0 Å². The minimum atomic E-state index is -0.294. The Hall–Kier alpha value is -0.770. The predicted octanol–water partition coefficient (Wildman–Crippen LogP) is 2.99. The van der Waals surface area contributed by atoms with Gasteiger partial charge in [-0.15, -0.1) is 0 Å². The van der Waals surface area contributed by atoms with E-state index in [1.54, 1.807) is 0 Å². The van der Waals surface area contributed by atoms with Crippen LogP contribution in [-0.4, -0.2) is 32.1 Å². The molecule has 1 spiro atoms. The summed E-state index contributed by atoms with van der Waals surface area (Å²) in [7, 11) is 0. The van der Waals surface area contributed by atoms with E-state index in [1.165, 1.54) is 5.69 Å². The van der Waals surface area contributed by atoms with Crippen LogP contribution in [0, 0.1) is 6.92 Å². The van der Waals surface area contributed by atoms with Gasteiger partial charge in [0, 0.05) is 36.6 Å². The molecule has 0 N–H and O–H groups in total. The van der Waals surface area contributed by atoms with E-state index in [9.17, 15) is 0 Å². The zero-order chi connectivity index (χ0) is 12.6. The topological polar surface area (TPSA) is 21.7 Å². The van der Waals surface area contributed by atoms with Gasteiger partial charge in [0.2, 0.25) is 0 Å². The van der Waals surface area contributed by atoms with Crippen LogP contribution in [0.15, 0.2) is 18.2 Å². The molecule has 18 heavy (non-hydrogen) atoms. The summed E-state index contributed by atoms with van der Waals surface area (Å²) in [5.41, 5.74) is 2.37. The van der Waals surface area contributed by atoms with Crippen molar-refractivity contribution in [2.24, 2.45) is 0 Å². The Morgan fingerprint density at radius 2 is 1.83 bits per heavy atom. The van der Waals surface area contributed by atoms with Crippen molar-refractivity contribution in [2.45, 2.75) is 25.6 Å². The zero-order valence-corrected chi connectivity index (χ0v) is 11.4. The number of halogens is 1. The summed E-state index contributed by atoms with van der Waals surface area (Å²) in [5, 5.41) is 0.828. The first-order valence-electron chi connectivity index (χ1n) is 6.48. The second kappa shape index (κ2) is 4.72. The normalized spacial score (nSPS) is 22.7. The summed E-state index contributed by atoms with van der Waals surface area (Å²) < 4.78 is 11.5. The number of anilines is 1. The molecule has 0 unspecified atom stereocenters. The third-order valence-electron chi connectivity index (χ3n) is 3.85. The lowest BCUT2D eigenvalue weighted by Crippen LogP contribution is -2.45. The Balaban J connectivity index is 1.70. The number of rotatable bonds is 1. The van der Waals surface area contributed by atoms with Crippen LogP contribution in [0.2, 0.25) is 5.02 Å². The molecule has 0 saturated carbocycles. The fraction of sp³-hybridized carbons (Fsp3) is 0.571. The first kappa shape index (κ1) is 12.3. The van der Waals surface area contributed by atoms with Gasteiger partial charge in [-0.1, -0.05) is 11.6 Å². The van der Waals surface area contributed by atoms with Crippen LogP contribution in [0.5, 0.6) is 0 Å². The monoisotopic (exact) mass is 267 g/mol. The van der Waals surface area contributed by atoms with Crippen molar-refractivity contribution in [1.29, 1.82) is 0 Å². The predicted molar refractivity (Wildman–Crippen MR) is 72.3 cm³/mol. The highest BCUT2D eigenvalue weighted by Gasteiger charge is 2.39. The first-order chi connectivity index (χ1) is 8.69. The van der Waals surface area contributed by atoms with Gasteiger partial charge in [0.1, 0.15) is 0 Å². The van der Waals surface area contributed by atoms with Crippen LogP contribution in [0.25, 0.3) is 0 Å². The van der Waals surface area contributed by atoms with Crippen LogP contribution >= 0.6 is 11.6 Å². The van der Waals surface area contributed by atoms with Gasteiger partial charge in [-0.25, -0.2) is 0 Å². The summed E-state index contributed by atoms with van der Waals surface area (Å²) in [5.74, 6) is -0.294. The summed E-state index contributed by atoms with van der Waals surface area (Å²) >= 11 is 6.06. The van der Waals surface area contributed by atoms with Gasteiger partial charge in [0.25, 0.3) is 0 Å². The van der Waals surface area contributed by atoms with Crippen molar-refractivity contribution in [3.8, 4) is 0 Å². The fourth-order valence-electron chi connectivity index (χ4n) is 2.72. The minimum absolute atomic E-state index is 0.294. The number of ether oxygens (including phenoxy) is 2. The Bertz CT molecular complexity index is 433. The second-order valence-electron chi connectivity index (χ2n) is 5.03. The van der Waals surface area contributed by atoms with Gasteiger partial charge >= 0.3 is 0 Å². The Labute approximate surface area is 113 Å². The average molecular weight is 268 g/mol. The Kier molecular flexibility index (Phi) is 3.22. The molecule has 0 atom stereocenters. The SMILES string of the molecule is Cc1cc(N2CCC3(CC2)OCCO3)ccc1Cl. The standard InChI is InChI=1S/C14H18ClNO2/c1-11-10-12(2-3-13(11)15)16-6-4-14(5-7-16)17-8-9-18-14/h2-3,10H,4-9H2,1H3. The molecular formula is C14H18ClNO2. The van der Waals surface area contributed by atoms with Crippen molar-refractivity contribution < 1.29 is 9.47 Å². The van der Waals surface area contributed by atoms with E-state index in [-0.39, 0.29) is 5.79 Å². The van der Waals surface area contributed by atoms with Crippen LogP contribution in [-0.2, 0) is 9.47 Å². The molecule has 2 saturated heterocycles. The van der Waals surface area contributed by atoms with E-state index in [2.05, 4.69) is 17.0 Å². The number of aryl methyl sites for hydroxylation is 1. The average Bonchev–Trinajstić information content (AvgIpc) is 2.82. The third-order valence-corrected chi connectivity index (χ3v) is 4.27. The number of nitrogens with zero attached hydrogens (tertiary/aromatic N) is 1. The first-order valence-corrected chi connectivity index (χ1v) is 6.85. The summed E-state index contributed by atoms with van der Waals surface area (Å²) in [6.45, 7) is 5.46. The van der Waals surface area contributed by atoms with E-state index >= 15 is 0 Å². The molecule has 3 nitrogen and oxygen atoms in total. The molecule has 2 fully saturated rings. The lowest BCUT2D eigenvalue weighted by atomic mass is 10.0. The molecule has 1 aromatic rings. The molecular weight excluding hydrogens is 250 g/mol. The van der Waals surface area contributed by atoms with Crippen molar-refractivity contribution in [3.05, 3.63) is 28.8 Å². The summed E-state index contributed by atoms with van der Waals surface area (Å²) in [6, 6.07) is 6.21. The molecule has 0 amide bonds. The van der Waals surface area contributed by atoms with Gasteiger partial charge < -0.3 is 14.4 Å². The van der Waals surface area contributed by atoms with E-state index < -0.39 is 0 Å². The van der Waals surface area contributed by atoms with Crippen molar-refractivity contribution in [2.75, 3.05) is 31.2 Å². The van der Waals surface area contributed by atoms with Crippen molar-refractivity contribution in [3.63, 3.8) is 0 Å². The highest BCUT2D eigenvalue weighted by Crippen LogP contribution is 2.33. The quantitative estimate of drug-likeness (QED) is 0.781. The molecule has 0 aliphatic carbocycles. The van der Waals surface area contributed by atoms with E-state index in [0.717, 1.165) is 49.7 Å². The maximum Gasteiger partial charge on any atom is 0.171 e. The molecule has 4 heteroatoms. The van der Waals surface area contributed by atoms with Crippen LogP contribution in [0.3, 0.4) is 0 Å². The van der Waals surface area contributed by atoms with Gasteiger partial charge in [-0.05, 0) is 30.7 Å². The van der Waals surface area contributed by atoms with Crippen molar-refractivity contribution in [1.82, 2.24) is 0 Å². The largest absolute Gasteiger partial charge is 0.371 e. The zero-order valence-electron chi connectivity index (χ0n) is 10.6. The lowest BCUT2D eigenvalue weighted by Gasteiger charge is -2.38. The highest BCUT2D eigenvalue weighted by molar-refractivity contribution is 6.31. The highest BCUT2D eigenvalue weighted by atomic mass is 35.5. The maximum atomic E-state index is 6.06. The lowest BCUT2D eigenvalue weighted by molar-refractivity contribution is -0.169. The summed E-state index contributed by atoms with van der Waals surface area (Å²) in [4.78, 5) is 2.37.